The summed E-state index contributed by atoms with van der Waals surface area (Å²) in [6.07, 6.45) is 1.92. The van der Waals surface area contributed by atoms with Crippen LogP contribution in [0.2, 0.25) is 0 Å². The quantitative estimate of drug-likeness (QED) is 0.774. The summed E-state index contributed by atoms with van der Waals surface area (Å²) >= 11 is 1.38. The molecule has 5 nitrogen and oxygen atoms in total. The predicted octanol–water partition coefficient (Wildman–Crippen LogP) is 1.93. The lowest BCUT2D eigenvalue weighted by Crippen LogP contribution is -2.38. The molecule has 1 fully saturated rings. The number of esters is 1. The number of rotatable bonds is 5. The molecule has 0 N–H and O–H groups in total. The molecule has 104 valence electrons. The van der Waals surface area contributed by atoms with Gasteiger partial charge in [-0.15, -0.1) is 11.3 Å². The second kappa shape index (κ2) is 5.69. The Morgan fingerprint density at radius 1 is 1.42 bits per heavy atom. The summed E-state index contributed by atoms with van der Waals surface area (Å²) in [6.45, 7) is 5.84. The van der Waals surface area contributed by atoms with E-state index in [0.717, 1.165) is 23.5 Å². The molecule has 0 spiro atoms. The van der Waals surface area contributed by atoms with Gasteiger partial charge in [0, 0.05) is 6.04 Å². The number of hydrogen-bond donors (Lipinski definition) is 0. The number of aromatic nitrogens is 1. The van der Waals surface area contributed by atoms with E-state index in [1.165, 1.54) is 11.3 Å². The molecule has 1 aliphatic carbocycles. The van der Waals surface area contributed by atoms with Crippen LogP contribution in [0.5, 0.6) is 0 Å². The Balaban J connectivity index is 2.13. The molecule has 2 rings (SSSR count). The summed E-state index contributed by atoms with van der Waals surface area (Å²) in [7, 11) is 0. The van der Waals surface area contributed by atoms with Crippen LogP contribution in [0.15, 0.2) is 0 Å². The van der Waals surface area contributed by atoms with Gasteiger partial charge in [0.2, 0.25) is 0 Å². The summed E-state index contributed by atoms with van der Waals surface area (Å²) in [6, 6.07) is 0.179. The highest BCUT2D eigenvalue weighted by atomic mass is 32.1. The molecule has 1 amide bonds. The zero-order valence-corrected chi connectivity index (χ0v) is 12.2. The van der Waals surface area contributed by atoms with Crippen LogP contribution >= 0.6 is 11.3 Å². The van der Waals surface area contributed by atoms with Crippen molar-refractivity contribution in [2.75, 3.05) is 13.2 Å². The molecule has 0 aliphatic heterocycles. The van der Waals surface area contributed by atoms with Crippen LogP contribution in [0.25, 0.3) is 0 Å². The van der Waals surface area contributed by atoms with Gasteiger partial charge in [-0.3, -0.25) is 9.59 Å². The lowest BCUT2D eigenvalue weighted by atomic mass is 10.3. The summed E-state index contributed by atoms with van der Waals surface area (Å²) in [5.74, 6) is -0.444. The van der Waals surface area contributed by atoms with Crippen LogP contribution in [-0.4, -0.2) is 41.0 Å². The Hall–Kier alpha value is -1.43. The van der Waals surface area contributed by atoms with Crippen LogP contribution in [0.1, 0.15) is 40.1 Å². The number of carbonyl (C=O) groups excluding carboxylic acids is 2. The van der Waals surface area contributed by atoms with Gasteiger partial charge in [0.1, 0.15) is 11.4 Å². The molecule has 1 heterocycles. The van der Waals surface area contributed by atoms with E-state index in [9.17, 15) is 9.59 Å². The number of ether oxygens (including phenoxy) is 1. The normalized spacial score (nSPS) is 14.3. The van der Waals surface area contributed by atoms with Crippen molar-refractivity contribution in [3.05, 3.63) is 15.6 Å². The van der Waals surface area contributed by atoms with E-state index in [2.05, 4.69) is 4.98 Å². The minimum absolute atomic E-state index is 0.0354. The maximum absolute atomic E-state index is 12.5. The Morgan fingerprint density at radius 2 is 2.11 bits per heavy atom. The molecule has 1 aliphatic rings. The third-order valence-corrected chi connectivity index (χ3v) is 4.01. The highest BCUT2D eigenvalue weighted by Crippen LogP contribution is 2.30. The number of hydrogen-bond acceptors (Lipinski definition) is 5. The topological polar surface area (TPSA) is 59.5 Å². The van der Waals surface area contributed by atoms with E-state index >= 15 is 0 Å². The Morgan fingerprint density at radius 3 is 2.58 bits per heavy atom. The molecule has 0 aromatic carbocycles. The molecular weight excluding hydrogens is 264 g/mol. The maximum Gasteiger partial charge on any atom is 0.325 e. The van der Waals surface area contributed by atoms with E-state index in [4.69, 9.17) is 4.74 Å². The monoisotopic (exact) mass is 282 g/mol. The first-order valence-corrected chi connectivity index (χ1v) is 7.25. The molecule has 6 heteroatoms. The highest BCUT2D eigenvalue weighted by molar-refractivity contribution is 7.13. The van der Waals surface area contributed by atoms with Crippen LogP contribution in [0.4, 0.5) is 0 Å². The summed E-state index contributed by atoms with van der Waals surface area (Å²) < 4.78 is 4.93. The van der Waals surface area contributed by atoms with Gasteiger partial charge in [-0.1, -0.05) is 0 Å². The maximum atomic E-state index is 12.5. The number of thiazole rings is 1. The van der Waals surface area contributed by atoms with E-state index in [1.54, 1.807) is 11.8 Å². The molecule has 0 saturated heterocycles. The van der Waals surface area contributed by atoms with Gasteiger partial charge in [0.25, 0.3) is 5.91 Å². The fraction of sp³-hybridized carbons (Fsp3) is 0.615. The Bertz CT molecular complexity index is 494. The Labute approximate surface area is 116 Å². The summed E-state index contributed by atoms with van der Waals surface area (Å²) in [4.78, 5) is 30.6. The van der Waals surface area contributed by atoms with Gasteiger partial charge in [-0.25, -0.2) is 4.98 Å². The van der Waals surface area contributed by atoms with Crippen molar-refractivity contribution in [2.45, 2.75) is 39.7 Å². The first kappa shape index (κ1) is 14.0. The predicted molar refractivity (Wildman–Crippen MR) is 72.3 cm³/mol. The molecule has 1 saturated carbocycles. The minimum Gasteiger partial charge on any atom is -0.465 e. The van der Waals surface area contributed by atoms with E-state index in [0.29, 0.717) is 11.5 Å². The number of amides is 1. The van der Waals surface area contributed by atoms with Crippen molar-refractivity contribution in [3.8, 4) is 0 Å². The average molecular weight is 282 g/mol. The number of aryl methyl sites for hydroxylation is 2. The minimum atomic E-state index is -0.346. The zero-order valence-electron chi connectivity index (χ0n) is 11.4. The van der Waals surface area contributed by atoms with Gasteiger partial charge in [0.05, 0.1) is 17.3 Å². The SMILES string of the molecule is CCOC(=O)CN(C(=O)c1sc(C)nc1C)C1CC1. The third kappa shape index (κ3) is 3.32. The third-order valence-electron chi connectivity index (χ3n) is 2.95. The van der Waals surface area contributed by atoms with Crippen molar-refractivity contribution in [2.24, 2.45) is 0 Å². The molecule has 0 radical (unpaired) electrons. The van der Waals surface area contributed by atoms with Crippen LogP contribution in [0.3, 0.4) is 0 Å². The molecule has 0 bridgehead atoms. The van der Waals surface area contributed by atoms with Crippen molar-refractivity contribution < 1.29 is 14.3 Å². The van der Waals surface area contributed by atoms with Crippen molar-refractivity contribution in [1.82, 2.24) is 9.88 Å². The highest BCUT2D eigenvalue weighted by Gasteiger charge is 2.35. The lowest BCUT2D eigenvalue weighted by molar-refractivity contribution is -0.143. The number of nitrogens with zero attached hydrogens (tertiary/aromatic N) is 2. The fourth-order valence-corrected chi connectivity index (χ4v) is 2.83. The van der Waals surface area contributed by atoms with E-state index < -0.39 is 0 Å². The van der Waals surface area contributed by atoms with Crippen LogP contribution in [0, 0.1) is 13.8 Å². The van der Waals surface area contributed by atoms with Crippen molar-refractivity contribution in [3.63, 3.8) is 0 Å². The summed E-state index contributed by atoms with van der Waals surface area (Å²) in [5.41, 5.74) is 0.738. The van der Waals surface area contributed by atoms with Crippen LogP contribution < -0.4 is 0 Å². The van der Waals surface area contributed by atoms with Gasteiger partial charge in [-0.2, -0.15) is 0 Å². The molecular formula is C13H18N2O3S. The van der Waals surface area contributed by atoms with Gasteiger partial charge < -0.3 is 9.64 Å². The Kier molecular flexibility index (Phi) is 4.19. The molecule has 0 unspecified atom stereocenters. The van der Waals surface area contributed by atoms with Crippen LogP contribution in [-0.2, 0) is 9.53 Å². The molecule has 1 aromatic rings. The first-order chi connectivity index (χ1) is 9.02. The first-order valence-electron chi connectivity index (χ1n) is 6.43. The van der Waals surface area contributed by atoms with Crippen molar-refractivity contribution in [1.29, 1.82) is 0 Å². The van der Waals surface area contributed by atoms with Gasteiger partial charge >= 0.3 is 5.97 Å². The smallest absolute Gasteiger partial charge is 0.325 e. The van der Waals surface area contributed by atoms with E-state index in [1.807, 2.05) is 13.8 Å². The molecule has 19 heavy (non-hydrogen) atoms. The van der Waals surface area contributed by atoms with Gasteiger partial charge in [0.15, 0.2) is 0 Å². The summed E-state index contributed by atoms with van der Waals surface area (Å²) in [5, 5.41) is 0.868. The van der Waals surface area contributed by atoms with E-state index in [-0.39, 0.29) is 24.5 Å². The van der Waals surface area contributed by atoms with Crippen molar-refractivity contribution >= 4 is 23.2 Å². The van der Waals surface area contributed by atoms with Gasteiger partial charge in [-0.05, 0) is 33.6 Å². The molecule has 1 aromatic heterocycles. The standard InChI is InChI=1S/C13H18N2O3S/c1-4-18-11(16)7-15(10-5-6-10)13(17)12-8(2)14-9(3)19-12/h10H,4-7H2,1-3H3. The largest absolute Gasteiger partial charge is 0.465 e. The lowest BCUT2D eigenvalue weighted by Gasteiger charge is -2.20. The average Bonchev–Trinajstić information content (AvgIpc) is 3.11. The second-order valence-corrected chi connectivity index (χ2v) is 5.82. The molecule has 0 atom stereocenters. The fourth-order valence-electron chi connectivity index (χ4n) is 1.96. The number of carbonyl (C=O) groups is 2. The zero-order chi connectivity index (χ0) is 14.0. The second-order valence-electron chi connectivity index (χ2n) is 4.62.